The van der Waals surface area contributed by atoms with Crippen LogP contribution in [0.5, 0.6) is 0 Å². The maximum Gasteiger partial charge on any atom is 0.316 e. The summed E-state index contributed by atoms with van der Waals surface area (Å²) >= 11 is 0. The molecule has 0 bridgehead atoms. The van der Waals surface area contributed by atoms with E-state index < -0.39 is 11.9 Å². The number of ether oxygens (including phenoxy) is 1. The molecule has 0 aliphatic heterocycles. The molecule has 0 radical (unpaired) electrons. The van der Waals surface area contributed by atoms with E-state index in [1.807, 2.05) is 43.3 Å². The normalized spacial score (nSPS) is 12.1. The van der Waals surface area contributed by atoms with Gasteiger partial charge in [0.15, 0.2) is 5.78 Å². The minimum absolute atomic E-state index is 0.175. The lowest BCUT2D eigenvalue weighted by Gasteiger charge is -2.13. The molecule has 1 atom stereocenters. The molecule has 2 rings (SSSR count). The first-order valence-electron chi connectivity index (χ1n) is 6.28. The lowest BCUT2D eigenvalue weighted by atomic mass is 9.92. The molecular formula is C16H16O3. The molecule has 0 aliphatic carbocycles. The first kappa shape index (κ1) is 13.3. The number of methoxy groups -OCH3 is 1. The van der Waals surface area contributed by atoms with Gasteiger partial charge in [0.05, 0.1) is 7.11 Å². The van der Waals surface area contributed by atoms with Gasteiger partial charge in [-0.2, -0.15) is 0 Å². The first-order chi connectivity index (χ1) is 9.19. The van der Waals surface area contributed by atoms with Crippen LogP contribution in [0.1, 0.15) is 23.7 Å². The van der Waals surface area contributed by atoms with Crippen LogP contribution < -0.4 is 0 Å². The predicted molar refractivity (Wildman–Crippen MR) is 74.1 cm³/mol. The van der Waals surface area contributed by atoms with E-state index in [0.29, 0.717) is 12.0 Å². The van der Waals surface area contributed by atoms with Gasteiger partial charge in [0.2, 0.25) is 0 Å². The molecule has 0 saturated carbocycles. The smallest absolute Gasteiger partial charge is 0.316 e. The standard InChI is InChI=1S/C16H16O3/c1-3-12(16(18)19-2)15(17)14-10-6-8-11-7-4-5-9-13(11)14/h4-10,12H,3H2,1-2H3. The molecule has 0 heterocycles. The second kappa shape index (κ2) is 5.65. The molecule has 2 aromatic carbocycles. The summed E-state index contributed by atoms with van der Waals surface area (Å²) in [6, 6.07) is 13.2. The van der Waals surface area contributed by atoms with Crippen LogP contribution in [0.25, 0.3) is 10.8 Å². The van der Waals surface area contributed by atoms with Gasteiger partial charge in [-0.15, -0.1) is 0 Å². The van der Waals surface area contributed by atoms with Crippen molar-refractivity contribution in [2.24, 2.45) is 5.92 Å². The molecule has 0 N–H and O–H groups in total. The molecule has 2 aromatic rings. The Bertz CT molecular complexity index is 611. The summed E-state index contributed by atoms with van der Waals surface area (Å²) in [4.78, 5) is 24.1. The van der Waals surface area contributed by atoms with Crippen LogP contribution >= 0.6 is 0 Å². The third-order valence-electron chi connectivity index (χ3n) is 3.27. The molecule has 0 saturated heterocycles. The summed E-state index contributed by atoms with van der Waals surface area (Å²) in [5.74, 6) is -1.37. The monoisotopic (exact) mass is 256 g/mol. The zero-order valence-corrected chi connectivity index (χ0v) is 11.1. The number of ketones is 1. The van der Waals surface area contributed by atoms with E-state index in [-0.39, 0.29) is 5.78 Å². The topological polar surface area (TPSA) is 43.4 Å². The molecule has 0 aromatic heterocycles. The SMILES string of the molecule is CCC(C(=O)OC)C(=O)c1cccc2ccccc12. The third kappa shape index (κ3) is 2.50. The zero-order chi connectivity index (χ0) is 13.8. The fourth-order valence-electron chi connectivity index (χ4n) is 2.23. The number of Topliss-reactive ketones (excluding diaryl/α,β-unsaturated/α-hetero) is 1. The lowest BCUT2D eigenvalue weighted by molar-refractivity contribution is -0.143. The summed E-state index contributed by atoms with van der Waals surface area (Å²) in [6.45, 7) is 1.81. The van der Waals surface area contributed by atoms with Gasteiger partial charge in [-0.25, -0.2) is 0 Å². The van der Waals surface area contributed by atoms with E-state index in [2.05, 4.69) is 0 Å². The molecular weight excluding hydrogens is 240 g/mol. The Labute approximate surface area is 112 Å². The van der Waals surface area contributed by atoms with Crippen molar-refractivity contribution in [2.75, 3.05) is 7.11 Å². The van der Waals surface area contributed by atoms with Crippen molar-refractivity contribution in [3.05, 3.63) is 48.0 Å². The molecule has 0 aliphatic rings. The van der Waals surface area contributed by atoms with Gasteiger partial charge in [-0.1, -0.05) is 49.4 Å². The number of benzene rings is 2. The molecule has 98 valence electrons. The van der Waals surface area contributed by atoms with Gasteiger partial charge in [0, 0.05) is 5.56 Å². The second-order valence-corrected chi connectivity index (χ2v) is 4.37. The van der Waals surface area contributed by atoms with Crippen molar-refractivity contribution in [2.45, 2.75) is 13.3 Å². The van der Waals surface area contributed by atoms with Gasteiger partial charge in [-0.05, 0) is 17.2 Å². The number of carbonyl (C=O) groups is 2. The number of carbonyl (C=O) groups excluding carboxylic acids is 2. The largest absolute Gasteiger partial charge is 0.468 e. The predicted octanol–water partition coefficient (Wildman–Crippen LogP) is 3.22. The van der Waals surface area contributed by atoms with E-state index >= 15 is 0 Å². The second-order valence-electron chi connectivity index (χ2n) is 4.37. The average Bonchev–Trinajstić information content (AvgIpc) is 2.47. The van der Waals surface area contributed by atoms with Crippen LogP contribution in [-0.2, 0) is 9.53 Å². The molecule has 19 heavy (non-hydrogen) atoms. The number of rotatable bonds is 4. The Hall–Kier alpha value is -2.16. The van der Waals surface area contributed by atoms with Crippen LogP contribution in [0.15, 0.2) is 42.5 Å². The molecule has 3 heteroatoms. The Balaban J connectivity index is 2.49. The summed E-state index contributed by atoms with van der Waals surface area (Å²) < 4.78 is 4.70. The van der Waals surface area contributed by atoms with Crippen LogP contribution in [0.2, 0.25) is 0 Å². The number of fused-ring (bicyclic) bond motifs is 1. The van der Waals surface area contributed by atoms with Crippen molar-refractivity contribution in [1.82, 2.24) is 0 Å². The minimum atomic E-state index is -0.726. The van der Waals surface area contributed by atoms with Gasteiger partial charge >= 0.3 is 5.97 Å². The average molecular weight is 256 g/mol. The van der Waals surface area contributed by atoms with E-state index in [0.717, 1.165) is 10.8 Å². The van der Waals surface area contributed by atoms with Crippen molar-refractivity contribution in [3.63, 3.8) is 0 Å². The highest BCUT2D eigenvalue weighted by atomic mass is 16.5. The molecule has 1 unspecified atom stereocenters. The maximum absolute atomic E-state index is 12.5. The van der Waals surface area contributed by atoms with Crippen molar-refractivity contribution in [3.8, 4) is 0 Å². The number of hydrogen-bond donors (Lipinski definition) is 0. The van der Waals surface area contributed by atoms with Gasteiger partial charge in [-0.3, -0.25) is 9.59 Å². The fraction of sp³-hybridized carbons (Fsp3) is 0.250. The summed E-state index contributed by atoms with van der Waals surface area (Å²) in [5, 5.41) is 1.87. The van der Waals surface area contributed by atoms with E-state index in [4.69, 9.17) is 4.74 Å². The summed E-state index contributed by atoms with van der Waals surface area (Å²) in [6.07, 6.45) is 0.439. The van der Waals surface area contributed by atoms with Gasteiger partial charge in [0.25, 0.3) is 0 Å². The van der Waals surface area contributed by atoms with E-state index in [1.165, 1.54) is 7.11 Å². The van der Waals surface area contributed by atoms with Crippen LogP contribution in [0, 0.1) is 5.92 Å². The van der Waals surface area contributed by atoms with Crippen molar-refractivity contribution in [1.29, 1.82) is 0 Å². The fourth-order valence-corrected chi connectivity index (χ4v) is 2.23. The van der Waals surface area contributed by atoms with Gasteiger partial charge < -0.3 is 4.74 Å². The Morgan fingerprint density at radius 2 is 1.79 bits per heavy atom. The zero-order valence-electron chi connectivity index (χ0n) is 11.1. The van der Waals surface area contributed by atoms with Crippen LogP contribution in [-0.4, -0.2) is 18.9 Å². The number of hydrogen-bond acceptors (Lipinski definition) is 3. The van der Waals surface area contributed by atoms with E-state index in [1.54, 1.807) is 6.07 Å². The van der Waals surface area contributed by atoms with Crippen molar-refractivity contribution >= 4 is 22.5 Å². The third-order valence-corrected chi connectivity index (χ3v) is 3.27. The molecule has 3 nitrogen and oxygen atoms in total. The Morgan fingerprint density at radius 1 is 1.11 bits per heavy atom. The number of esters is 1. The highest BCUT2D eigenvalue weighted by Crippen LogP contribution is 2.23. The van der Waals surface area contributed by atoms with E-state index in [9.17, 15) is 9.59 Å². The molecule has 0 amide bonds. The Kier molecular flexibility index (Phi) is 3.95. The van der Waals surface area contributed by atoms with Crippen LogP contribution in [0.3, 0.4) is 0 Å². The Morgan fingerprint density at radius 3 is 2.47 bits per heavy atom. The highest BCUT2D eigenvalue weighted by molar-refractivity contribution is 6.15. The summed E-state index contributed by atoms with van der Waals surface area (Å²) in [5.41, 5.74) is 0.579. The maximum atomic E-state index is 12.5. The van der Waals surface area contributed by atoms with Gasteiger partial charge in [0.1, 0.15) is 5.92 Å². The lowest BCUT2D eigenvalue weighted by Crippen LogP contribution is -2.25. The quantitative estimate of drug-likeness (QED) is 0.479. The molecule has 0 spiro atoms. The first-order valence-corrected chi connectivity index (χ1v) is 6.28. The highest BCUT2D eigenvalue weighted by Gasteiger charge is 2.27. The minimum Gasteiger partial charge on any atom is -0.468 e. The summed E-state index contributed by atoms with van der Waals surface area (Å²) in [7, 11) is 1.31. The molecule has 0 fully saturated rings. The van der Waals surface area contributed by atoms with Crippen LogP contribution in [0.4, 0.5) is 0 Å². The van der Waals surface area contributed by atoms with Crippen molar-refractivity contribution < 1.29 is 14.3 Å².